The van der Waals surface area contributed by atoms with Crippen molar-refractivity contribution in [1.82, 2.24) is 10.2 Å². The second-order valence-corrected chi connectivity index (χ2v) is 6.29. The molecule has 0 aromatic rings. The number of nitrogens with one attached hydrogen (secondary N) is 1. The van der Waals surface area contributed by atoms with Crippen molar-refractivity contribution in [1.29, 1.82) is 0 Å². The first-order valence-corrected chi connectivity index (χ1v) is 7.77. The summed E-state index contributed by atoms with van der Waals surface area (Å²) < 4.78 is 11.3. The van der Waals surface area contributed by atoms with E-state index < -0.39 is 0 Å². The van der Waals surface area contributed by atoms with Gasteiger partial charge < -0.3 is 14.8 Å². The monoisotopic (exact) mass is 270 g/mol. The van der Waals surface area contributed by atoms with E-state index >= 15 is 0 Å². The summed E-state index contributed by atoms with van der Waals surface area (Å²) in [6, 6.07) is 0.536. The van der Waals surface area contributed by atoms with E-state index in [0.717, 1.165) is 39.4 Å². The van der Waals surface area contributed by atoms with Crippen LogP contribution in [0.1, 0.15) is 27.7 Å². The Labute approximate surface area is 117 Å². The molecule has 2 saturated heterocycles. The molecule has 0 spiro atoms. The molecular formula is C15H30N2O2. The molecule has 2 fully saturated rings. The molecular weight excluding hydrogens is 240 g/mol. The lowest BCUT2D eigenvalue weighted by atomic mass is 9.89. The van der Waals surface area contributed by atoms with Crippen LogP contribution in [-0.2, 0) is 9.47 Å². The Morgan fingerprint density at radius 2 is 1.84 bits per heavy atom. The first kappa shape index (κ1) is 15.2. The molecule has 1 N–H and O–H groups in total. The standard InChI is InChI=1S/C15H30N2O2/c1-11(10-17-5-7-18-8-6-17)16-9-15-12(2)13(3)19-14(15)4/h11-16H,5-10H2,1-4H3. The highest BCUT2D eigenvalue weighted by Gasteiger charge is 2.36. The van der Waals surface area contributed by atoms with Gasteiger partial charge in [-0.25, -0.2) is 0 Å². The van der Waals surface area contributed by atoms with Crippen molar-refractivity contribution in [2.24, 2.45) is 11.8 Å². The maximum absolute atomic E-state index is 5.90. The molecule has 19 heavy (non-hydrogen) atoms. The van der Waals surface area contributed by atoms with Gasteiger partial charge in [0.25, 0.3) is 0 Å². The topological polar surface area (TPSA) is 33.7 Å². The molecule has 0 aromatic carbocycles. The van der Waals surface area contributed by atoms with E-state index in [4.69, 9.17) is 9.47 Å². The van der Waals surface area contributed by atoms with E-state index in [1.54, 1.807) is 0 Å². The molecule has 0 aliphatic carbocycles. The lowest BCUT2D eigenvalue weighted by Crippen LogP contribution is -2.46. The minimum absolute atomic E-state index is 0.382. The van der Waals surface area contributed by atoms with Gasteiger partial charge in [0, 0.05) is 38.1 Å². The molecule has 0 bridgehead atoms. The van der Waals surface area contributed by atoms with Crippen LogP contribution in [0, 0.1) is 11.8 Å². The molecule has 112 valence electrons. The van der Waals surface area contributed by atoms with Crippen molar-refractivity contribution in [3.05, 3.63) is 0 Å². The molecule has 4 heteroatoms. The van der Waals surface area contributed by atoms with E-state index in [0.29, 0.717) is 30.1 Å². The highest BCUT2D eigenvalue weighted by atomic mass is 16.5. The second-order valence-electron chi connectivity index (χ2n) is 6.29. The fourth-order valence-corrected chi connectivity index (χ4v) is 3.26. The Hall–Kier alpha value is -0.160. The third-order valence-corrected chi connectivity index (χ3v) is 4.79. The molecule has 0 amide bonds. The van der Waals surface area contributed by atoms with Crippen molar-refractivity contribution in [3.8, 4) is 0 Å². The lowest BCUT2D eigenvalue weighted by molar-refractivity contribution is 0.0336. The SMILES string of the molecule is CC(CN1CCOCC1)NCC1C(C)OC(C)C1C. The first-order valence-electron chi connectivity index (χ1n) is 7.77. The Bertz CT molecular complexity index is 269. The van der Waals surface area contributed by atoms with Gasteiger partial charge in [-0.05, 0) is 26.7 Å². The van der Waals surface area contributed by atoms with Gasteiger partial charge in [0.2, 0.25) is 0 Å². The summed E-state index contributed by atoms with van der Waals surface area (Å²) in [5.74, 6) is 1.29. The molecule has 0 radical (unpaired) electrons. The van der Waals surface area contributed by atoms with Crippen molar-refractivity contribution in [2.45, 2.75) is 45.9 Å². The molecule has 0 saturated carbocycles. The van der Waals surface area contributed by atoms with Crippen LogP contribution in [0.5, 0.6) is 0 Å². The van der Waals surface area contributed by atoms with Crippen molar-refractivity contribution < 1.29 is 9.47 Å². The zero-order valence-electron chi connectivity index (χ0n) is 12.9. The lowest BCUT2D eigenvalue weighted by Gasteiger charge is -2.30. The number of morpholine rings is 1. The predicted molar refractivity (Wildman–Crippen MR) is 77.4 cm³/mol. The average Bonchev–Trinajstić information content (AvgIpc) is 2.62. The van der Waals surface area contributed by atoms with Crippen molar-refractivity contribution in [2.75, 3.05) is 39.4 Å². The number of ether oxygens (including phenoxy) is 2. The third kappa shape index (κ3) is 4.15. The van der Waals surface area contributed by atoms with Gasteiger partial charge in [-0.3, -0.25) is 4.90 Å². The minimum atomic E-state index is 0.382. The van der Waals surface area contributed by atoms with Crippen LogP contribution in [0.15, 0.2) is 0 Å². The summed E-state index contributed by atoms with van der Waals surface area (Å²) in [6.45, 7) is 15.1. The number of hydrogen-bond acceptors (Lipinski definition) is 4. The molecule has 4 nitrogen and oxygen atoms in total. The van der Waals surface area contributed by atoms with Crippen LogP contribution in [0.25, 0.3) is 0 Å². The van der Waals surface area contributed by atoms with Crippen LogP contribution < -0.4 is 5.32 Å². The van der Waals surface area contributed by atoms with Gasteiger partial charge in [0.1, 0.15) is 0 Å². The summed E-state index contributed by atoms with van der Waals surface area (Å²) in [6.07, 6.45) is 0.782. The Morgan fingerprint density at radius 3 is 2.42 bits per heavy atom. The zero-order chi connectivity index (χ0) is 13.8. The fourth-order valence-electron chi connectivity index (χ4n) is 3.26. The average molecular weight is 270 g/mol. The van der Waals surface area contributed by atoms with Crippen LogP contribution in [0.4, 0.5) is 0 Å². The first-order chi connectivity index (χ1) is 9.08. The fraction of sp³-hybridized carbons (Fsp3) is 1.00. The highest BCUT2D eigenvalue weighted by molar-refractivity contribution is 4.86. The molecule has 0 aromatic heterocycles. The van der Waals surface area contributed by atoms with E-state index in [1.165, 1.54) is 0 Å². The molecule has 2 aliphatic rings. The summed E-state index contributed by atoms with van der Waals surface area (Å²) in [7, 11) is 0. The van der Waals surface area contributed by atoms with Gasteiger partial charge in [0.05, 0.1) is 25.4 Å². The largest absolute Gasteiger partial charge is 0.379 e. The normalized spacial score (nSPS) is 38.5. The van der Waals surface area contributed by atoms with Crippen LogP contribution >= 0.6 is 0 Å². The summed E-state index contributed by atoms with van der Waals surface area (Å²) in [5.41, 5.74) is 0. The second kappa shape index (κ2) is 7.02. The minimum Gasteiger partial charge on any atom is -0.379 e. The van der Waals surface area contributed by atoms with Gasteiger partial charge >= 0.3 is 0 Å². The number of rotatable bonds is 5. The van der Waals surface area contributed by atoms with E-state index in [9.17, 15) is 0 Å². The van der Waals surface area contributed by atoms with E-state index in [1.807, 2.05) is 0 Å². The molecule has 2 aliphatic heterocycles. The zero-order valence-corrected chi connectivity index (χ0v) is 12.9. The summed E-state index contributed by atoms with van der Waals surface area (Å²) in [4.78, 5) is 2.49. The maximum Gasteiger partial charge on any atom is 0.0594 e. The molecule has 5 unspecified atom stereocenters. The van der Waals surface area contributed by atoms with Crippen LogP contribution in [0.3, 0.4) is 0 Å². The van der Waals surface area contributed by atoms with Crippen LogP contribution in [-0.4, -0.2) is 62.5 Å². The Morgan fingerprint density at radius 1 is 1.16 bits per heavy atom. The number of nitrogens with zero attached hydrogens (tertiary/aromatic N) is 1. The highest BCUT2D eigenvalue weighted by Crippen LogP contribution is 2.31. The van der Waals surface area contributed by atoms with Crippen molar-refractivity contribution >= 4 is 0 Å². The van der Waals surface area contributed by atoms with Gasteiger partial charge in [-0.15, -0.1) is 0 Å². The van der Waals surface area contributed by atoms with E-state index in [-0.39, 0.29) is 0 Å². The quantitative estimate of drug-likeness (QED) is 0.818. The smallest absolute Gasteiger partial charge is 0.0594 e. The van der Waals surface area contributed by atoms with Gasteiger partial charge in [0.15, 0.2) is 0 Å². The van der Waals surface area contributed by atoms with E-state index in [2.05, 4.69) is 37.9 Å². The third-order valence-electron chi connectivity index (χ3n) is 4.79. The van der Waals surface area contributed by atoms with Crippen molar-refractivity contribution in [3.63, 3.8) is 0 Å². The summed E-state index contributed by atoms with van der Waals surface area (Å²) >= 11 is 0. The van der Waals surface area contributed by atoms with Gasteiger partial charge in [-0.2, -0.15) is 0 Å². The molecule has 2 rings (SSSR count). The number of hydrogen-bond donors (Lipinski definition) is 1. The molecule has 2 heterocycles. The molecule has 5 atom stereocenters. The summed E-state index contributed by atoms with van der Waals surface area (Å²) in [5, 5.41) is 3.69. The Balaban J connectivity index is 1.69. The predicted octanol–water partition coefficient (Wildman–Crippen LogP) is 1.36. The van der Waals surface area contributed by atoms with Crippen LogP contribution in [0.2, 0.25) is 0 Å². The maximum atomic E-state index is 5.90. The van der Waals surface area contributed by atoms with Gasteiger partial charge in [-0.1, -0.05) is 6.92 Å². The Kier molecular flexibility index (Phi) is 5.63.